The van der Waals surface area contributed by atoms with Crippen molar-refractivity contribution in [3.63, 3.8) is 0 Å². The van der Waals surface area contributed by atoms with E-state index in [0.717, 1.165) is 0 Å². The van der Waals surface area contributed by atoms with Gasteiger partial charge in [0, 0.05) is 0 Å². The Morgan fingerprint density at radius 2 is 1.86 bits per heavy atom. The molecule has 0 unspecified atom stereocenters. The maximum absolute atomic E-state index is 12.1. The molecule has 3 rings (SSSR count). The number of fused-ring (bicyclic) bond motifs is 1. The normalized spacial score (nSPS) is 36.5. The lowest BCUT2D eigenvalue weighted by Crippen LogP contribution is -2.28. The van der Waals surface area contributed by atoms with Crippen LogP contribution in [0.4, 0.5) is 0 Å². The van der Waals surface area contributed by atoms with Crippen molar-refractivity contribution in [1.29, 1.82) is 0 Å². The minimum Gasteiger partial charge on any atom is -0.465 e. The second-order valence-electron chi connectivity index (χ2n) is 6.13. The van der Waals surface area contributed by atoms with Crippen LogP contribution in [0.2, 0.25) is 0 Å². The summed E-state index contributed by atoms with van der Waals surface area (Å²) < 4.78 is 33.3. The van der Waals surface area contributed by atoms with Crippen molar-refractivity contribution in [2.75, 3.05) is 13.7 Å². The van der Waals surface area contributed by atoms with E-state index in [4.69, 9.17) is 28.4 Å². The molecule has 0 aromatic carbocycles. The number of esters is 1. The van der Waals surface area contributed by atoms with Crippen molar-refractivity contribution in [2.45, 2.75) is 57.8 Å². The Labute approximate surface area is 123 Å². The van der Waals surface area contributed by atoms with E-state index in [2.05, 4.69) is 0 Å². The highest BCUT2D eigenvalue weighted by molar-refractivity contribution is 5.91. The molecule has 3 aliphatic rings. The van der Waals surface area contributed by atoms with Crippen molar-refractivity contribution < 1.29 is 33.2 Å². The molecule has 7 nitrogen and oxygen atoms in total. The van der Waals surface area contributed by atoms with Crippen LogP contribution in [0.5, 0.6) is 0 Å². The van der Waals surface area contributed by atoms with Crippen LogP contribution in [0.25, 0.3) is 0 Å². The van der Waals surface area contributed by atoms with E-state index in [9.17, 15) is 4.79 Å². The molecule has 0 aromatic rings. The quantitative estimate of drug-likeness (QED) is 0.706. The average molecular weight is 300 g/mol. The third kappa shape index (κ3) is 2.55. The number of hydrogen-bond donors (Lipinski definition) is 0. The predicted octanol–water partition coefficient (Wildman–Crippen LogP) is 1.07. The highest BCUT2D eigenvalue weighted by Gasteiger charge is 2.55. The summed E-state index contributed by atoms with van der Waals surface area (Å²) in [5.41, 5.74) is 0.305. The molecule has 21 heavy (non-hydrogen) atoms. The van der Waals surface area contributed by atoms with E-state index in [1.54, 1.807) is 27.7 Å². The van der Waals surface area contributed by atoms with E-state index in [-0.39, 0.29) is 0 Å². The molecule has 118 valence electrons. The second-order valence-corrected chi connectivity index (χ2v) is 6.13. The molecule has 2 saturated heterocycles. The number of hydrogen-bond acceptors (Lipinski definition) is 7. The Kier molecular flexibility index (Phi) is 3.29. The van der Waals surface area contributed by atoms with E-state index in [1.165, 1.54) is 7.11 Å². The average Bonchev–Trinajstić information content (AvgIpc) is 2.97. The topological polar surface area (TPSA) is 72.5 Å². The molecule has 0 N–H and O–H groups in total. The number of methoxy groups -OCH3 is 1. The van der Waals surface area contributed by atoms with Crippen LogP contribution in [-0.4, -0.2) is 49.8 Å². The first-order valence-electron chi connectivity index (χ1n) is 6.89. The second kappa shape index (κ2) is 4.67. The van der Waals surface area contributed by atoms with Crippen LogP contribution in [0.1, 0.15) is 27.7 Å². The molecule has 0 bridgehead atoms. The monoisotopic (exact) mass is 300 g/mol. The molecule has 0 radical (unpaired) electrons. The number of carbonyl (C=O) groups is 1. The molecular formula is C14H20O7. The fourth-order valence-corrected chi connectivity index (χ4v) is 2.73. The first kappa shape index (κ1) is 14.8. The summed E-state index contributed by atoms with van der Waals surface area (Å²) in [6.45, 7) is 7.43. The van der Waals surface area contributed by atoms with E-state index < -0.39 is 36.0 Å². The summed E-state index contributed by atoms with van der Waals surface area (Å²) in [5.74, 6) is -1.67. The van der Waals surface area contributed by atoms with Crippen LogP contribution in [0.3, 0.4) is 0 Å². The van der Waals surface area contributed by atoms with E-state index in [0.29, 0.717) is 17.9 Å². The van der Waals surface area contributed by atoms with Gasteiger partial charge in [-0.25, -0.2) is 4.79 Å². The Morgan fingerprint density at radius 3 is 2.43 bits per heavy atom. The molecule has 3 atom stereocenters. The smallest absolute Gasteiger partial charge is 0.340 e. The van der Waals surface area contributed by atoms with Gasteiger partial charge in [-0.1, -0.05) is 0 Å². The van der Waals surface area contributed by atoms with Crippen LogP contribution in [0, 0.1) is 0 Å². The van der Waals surface area contributed by atoms with Gasteiger partial charge in [0.1, 0.15) is 17.4 Å². The molecule has 0 aliphatic carbocycles. The molecule has 0 spiro atoms. The standard InChI is InChI=1S/C14H20O7/c1-13(2)17-6-7(19-13)9-8(11(15)16-5)10-12(18-9)21-14(3,4)20-10/h7,10,12H,6H2,1-5H3/t7-,10-,12-/m1/s1. The van der Waals surface area contributed by atoms with Gasteiger partial charge in [0.2, 0.25) is 6.29 Å². The maximum Gasteiger partial charge on any atom is 0.340 e. The zero-order chi connectivity index (χ0) is 15.4. The fourth-order valence-electron chi connectivity index (χ4n) is 2.73. The summed E-state index contributed by atoms with van der Waals surface area (Å²) >= 11 is 0. The van der Waals surface area contributed by atoms with E-state index >= 15 is 0 Å². The van der Waals surface area contributed by atoms with Crippen LogP contribution < -0.4 is 0 Å². The minimum atomic E-state index is -0.813. The predicted molar refractivity (Wildman–Crippen MR) is 68.9 cm³/mol. The van der Waals surface area contributed by atoms with Crippen molar-refractivity contribution in [3.8, 4) is 0 Å². The first-order valence-corrected chi connectivity index (χ1v) is 6.89. The third-order valence-electron chi connectivity index (χ3n) is 3.56. The van der Waals surface area contributed by atoms with Crippen molar-refractivity contribution in [2.24, 2.45) is 0 Å². The van der Waals surface area contributed by atoms with Gasteiger partial charge in [-0.15, -0.1) is 0 Å². The summed E-state index contributed by atoms with van der Waals surface area (Å²) in [7, 11) is 1.32. The van der Waals surface area contributed by atoms with E-state index in [1.807, 2.05) is 0 Å². The fraction of sp³-hybridized carbons (Fsp3) is 0.786. The van der Waals surface area contributed by atoms with Crippen LogP contribution in [0.15, 0.2) is 11.3 Å². The Bertz CT molecular complexity index is 494. The zero-order valence-electron chi connectivity index (χ0n) is 12.8. The molecule has 3 heterocycles. The van der Waals surface area contributed by atoms with Gasteiger partial charge in [0.15, 0.2) is 17.7 Å². The van der Waals surface area contributed by atoms with Gasteiger partial charge >= 0.3 is 5.97 Å². The Balaban J connectivity index is 1.91. The Morgan fingerprint density at radius 1 is 1.14 bits per heavy atom. The molecule has 0 saturated carbocycles. The summed E-state index contributed by atoms with van der Waals surface area (Å²) in [6.07, 6.45) is -1.76. The van der Waals surface area contributed by atoms with Crippen molar-refractivity contribution in [1.82, 2.24) is 0 Å². The third-order valence-corrected chi connectivity index (χ3v) is 3.56. The minimum absolute atomic E-state index is 0.297. The van der Waals surface area contributed by atoms with Gasteiger partial charge in [-0.05, 0) is 27.7 Å². The lowest BCUT2D eigenvalue weighted by Gasteiger charge is -2.21. The summed E-state index contributed by atoms with van der Waals surface area (Å²) in [4.78, 5) is 12.1. The first-order chi connectivity index (χ1) is 9.72. The van der Waals surface area contributed by atoms with Crippen molar-refractivity contribution in [3.05, 3.63) is 11.3 Å². The van der Waals surface area contributed by atoms with Crippen LogP contribution in [-0.2, 0) is 33.2 Å². The molecular weight excluding hydrogens is 280 g/mol. The largest absolute Gasteiger partial charge is 0.465 e. The van der Waals surface area contributed by atoms with Crippen molar-refractivity contribution >= 4 is 5.97 Å². The lowest BCUT2D eigenvalue weighted by atomic mass is 10.1. The van der Waals surface area contributed by atoms with Gasteiger partial charge in [-0.3, -0.25) is 0 Å². The van der Waals surface area contributed by atoms with Crippen LogP contribution >= 0.6 is 0 Å². The summed E-state index contributed by atoms with van der Waals surface area (Å²) in [6, 6.07) is 0. The molecule has 0 aromatic heterocycles. The number of rotatable bonds is 2. The highest BCUT2D eigenvalue weighted by atomic mass is 16.8. The molecule has 0 amide bonds. The van der Waals surface area contributed by atoms with Gasteiger partial charge in [0.05, 0.1) is 13.7 Å². The maximum atomic E-state index is 12.1. The SMILES string of the molecule is COC(=O)C1=C([C@H]2COC(C)(C)O2)O[C@@H]2OC(C)(C)O[C@H]12. The Hall–Kier alpha value is -1.15. The summed E-state index contributed by atoms with van der Waals surface area (Å²) in [5, 5.41) is 0. The van der Waals surface area contributed by atoms with Gasteiger partial charge in [-0.2, -0.15) is 0 Å². The van der Waals surface area contributed by atoms with Gasteiger partial charge in [0.25, 0.3) is 0 Å². The van der Waals surface area contributed by atoms with Gasteiger partial charge < -0.3 is 28.4 Å². The number of ether oxygens (including phenoxy) is 6. The lowest BCUT2D eigenvalue weighted by molar-refractivity contribution is -0.189. The highest BCUT2D eigenvalue weighted by Crippen LogP contribution is 2.43. The number of carbonyl (C=O) groups excluding carboxylic acids is 1. The molecule has 7 heteroatoms. The molecule has 3 aliphatic heterocycles. The zero-order valence-corrected chi connectivity index (χ0v) is 12.8. The molecule has 2 fully saturated rings.